The zero-order chi connectivity index (χ0) is 14.5. The average Bonchev–Trinajstić information content (AvgIpc) is 2.55. The van der Waals surface area contributed by atoms with E-state index in [4.69, 9.17) is 11.2 Å². The molecule has 0 aromatic rings. The van der Waals surface area contributed by atoms with E-state index in [1.807, 2.05) is 13.8 Å². The second kappa shape index (κ2) is 5.88. The number of ether oxygens (including phenoxy) is 1. The van der Waals surface area contributed by atoms with Crippen LogP contribution in [0.2, 0.25) is 0 Å². The van der Waals surface area contributed by atoms with Gasteiger partial charge in [0, 0.05) is 25.7 Å². The van der Waals surface area contributed by atoms with Crippen molar-refractivity contribution in [2.45, 2.75) is 45.1 Å². The third-order valence-corrected chi connectivity index (χ3v) is 3.10. The zero-order valence-electron chi connectivity index (χ0n) is 11.7. The highest BCUT2D eigenvalue weighted by Crippen LogP contribution is 2.33. The molecule has 0 aliphatic carbocycles. The predicted octanol–water partition coefficient (Wildman–Crippen LogP) is 3.27. The first-order valence-corrected chi connectivity index (χ1v) is 6.35. The Bertz CT molecular complexity index is 442. The van der Waals surface area contributed by atoms with Crippen LogP contribution in [-0.4, -0.2) is 17.4 Å². The van der Waals surface area contributed by atoms with Crippen LogP contribution in [0.3, 0.4) is 0 Å². The lowest BCUT2D eigenvalue weighted by Crippen LogP contribution is -2.32. The maximum atomic E-state index is 12.1. The largest absolute Gasteiger partial charge is 0.410 e. The van der Waals surface area contributed by atoms with Gasteiger partial charge in [-0.15, -0.1) is 25.5 Å². The molecule has 0 saturated heterocycles. The molecule has 19 heavy (non-hydrogen) atoms. The highest BCUT2D eigenvalue weighted by atomic mass is 16.6. The first-order chi connectivity index (χ1) is 8.89. The fourth-order valence-corrected chi connectivity index (χ4v) is 2.15. The van der Waals surface area contributed by atoms with Crippen molar-refractivity contribution in [2.75, 3.05) is 0 Å². The predicted molar refractivity (Wildman–Crippen MR) is 77.7 cm³/mol. The van der Waals surface area contributed by atoms with Gasteiger partial charge in [0.05, 0.1) is 0 Å². The lowest BCUT2D eigenvalue weighted by molar-refractivity contribution is -0.139. The van der Waals surface area contributed by atoms with Gasteiger partial charge in [-0.25, -0.2) is 9.79 Å². The molecule has 3 nitrogen and oxygen atoms in total. The summed E-state index contributed by atoms with van der Waals surface area (Å²) in [6.45, 7) is 11.4. The van der Waals surface area contributed by atoms with Crippen LogP contribution in [0.4, 0.5) is 0 Å². The molecule has 0 amide bonds. The Morgan fingerprint density at radius 3 is 2.47 bits per heavy atom. The summed E-state index contributed by atoms with van der Waals surface area (Å²) < 4.78 is 5.31. The Balaban J connectivity index is 2.93. The van der Waals surface area contributed by atoms with Gasteiger partial charge in [0.2, 0.25) is 0 Å². The number of carbonyl (C=O) groups is 1. The van der Waals surface area contributed by atoms with Crippen LogP contribution in [0.15, 0.2) is 30.3 Å². The lowest BCUT2D eigenvalue weighted by atomic mass is 9.86. The maximum absolute atomic E-state index is 12.1. The normalized spacial score (nSPS) is 17.3. The van der Waals surface area contributed by atoms with E-state index in [1.54, 1.807) is 12.2 Å². The molecule has 0 saturated carbocycles. The number of hydrogen-bond acceptors (Lipinski definition) is 3. The summed E-state index contributed by atoms with van der Waals surface area (Å²) >= 11 is 0. The van der Waals surface area contributed by atoms with Gasteiger partial charge in [-0.2, -0.15) is 0 Å². The van der Waals surface area contributed by atoms with E-state index in [1.165, 1.54) is 0 Å². The van der Waals surface area contributed by atoms with Crippen molar-refractivity contribution in [1.29, 1.82) is 0 Å². The standard InChI is InChI=1S/C16H21NO2/c1-6-9-15(4,5)12-13-17-16(10-7-2,11-8-3)14(18)19-13/h1,7-8H,2-3,9-12H2,4-5H3. The average molecular weight is 259 g/mol. The lowest BCUT2D eigenvalue weighted by Gasteiger charge is -2.20. The minimum Gasteiger partial charge on any atom is -0.410 e. The molecule has 0 aromatic heterocycles. The number of rotatable bonds is 7. The molecular weight excluding hydrogens is 238 g/mol. The maximum Gasteiger partial charge on any atom is 0.341 e. The molecular formula is C16H21NO2. The Kier molecular flexibility index (Phi) is 4.72. The van der Waals surface area contributed by atoms with Gasteiger partial charge in [0.15, 0.2) is 11.4 Å². The molecule has 0 unspecified atom stereocenters. The first-order valence-electron chi connectivity index (χ1n) is 6.35. The molecule has 0 aromatic carbocycles. The number of hydrogen-bond donors (Lipinski definition) is 0. The van der Waals surface area contributed by atoms with Crippen LogP contribution in [0, 0.1) is 17.8 Å². The molecule has 0 spiro atoms. The number of carbonyl (C=O) groups excluding carboxylic acids is 1. The van der Waals surface area contributed by atoms with E-state index >= 15 is 0 Å². The zero-order valence-corrected chi connectivity index (χ0v) is 11.7. The fourth-order valence-electron chi connectivity index (χ4n) is 2.15. The Labute approximate surface area is 115 Å². The molecule has 0 fully saturated rings. The molecule has 102 valence electrons. The van der Waals surface area contributed by atoms with Crippen molar-refractivity contribution in [2.24, 2.45) is 10.4 Å². The van der Waals surface area contributed by atoms with Crippen LogP contribution in [0.1, 0.15) is 39.5 Å². The van der Waals surface area contributed by atoms with Gasteiger partial charge in [-0.1, -0.05) is 26.0 Å². The summed E-state index contributed by atoms with van der Waals surface area (Å²) in [5.74, 6) is 2.78. The smallest absolute Gasteiger partial charge is 0.341 e. The number of nitrogens with zero attached hydrogens (tertiary/aromatic N) is 1. The molecule has 0 radical (unpaired) electrons. The van der Waals surface area contributed by atoms with Crippen LogP contribution in [0.25, 0.3) is 0 Å². The summed E-state index contributed by atoms with van der Waals surface area (Å²) in [4.78, 5) is 16.5. The van der Waals surface area contributed by atoms with Gasteiger partial charge < -0.3 is 4.74 Å². The van der Waals surface area contributed by atoms with Crippen molar-refractivity contribution in [3.8, 4) is 12.3 Å². The SMILES string of the molecule is C#CCC(C)(C)CC1=NC(CC=C)(CC=C)C(=O)O1. The van der Waals surface area contributed by atoms with Crippen molar-refractivity contribution in [3.63, 3.8) is 0 Å². The summed E-state index contributed by atoms with van der Waals surface area (Å²) in [7, 11) is 0. The van der Waals surface area contributed by atoms with Gasteiger partial charge >= 0.3 is 5.97 Å². The second-order valence-corrected chi connectivity index (χ2v) is 5.63. The van der Waals surface area contributed by atoms with E-state index in [-0.39, 0.29) is 11.4 Å². The monoisotopic (exact) mass is 259 g/mol. The van der Waals surface area contributed by atoms with Gasteiger partial charge in [0.1, 0.15) is 0 Å². The van der Waals surface area contributed by atoms with Crippen LogP contribution >= 0.6 is 0 Å². The van der Waals surface area contributed by atoms with Crippen molar-refractivity contribution in [3.05, 3.63) is 25.3 Å². The van der Waals surface area contributed by atoms with E-state index in [0.29, 0.717) is 31.6 Å². The number of esters is 1. The highest BCUT2D eigenvalue weighted by Gasteiger charge is 2.44. The summed E-state index contributed by atoms with van der Waals surface area (Å²) in [6.07, 6.45) is 10.8. The molecule has 3 heteroatoms. The van der Waals surface area contributed by atoms with Gasteiger partial charge in [-0.3, -0.25) is 0 Å². The second-order valence-electron chi connectivity index (χ2n) is 5.63. The van der Waals surface area contributed by atoms with E-state index in [0.717, 1.165) is 0 Å². The molecule has 1 rings (SSSR count). The van der Waals surface area contributed by atoms with Crippen LogP contribution in [-0.2, 0) is 9.53 Å². The molecule has 1 aliphatic rings. The van der Waals surface area contributed by atoms with Crippen LogP contribution in [0.5, 0.6) is 0 Å². The van der Waals surface area contributed by atoms with Crippen molar-refractivity contribution in [1.82, 2.24) is 0 Å². The number of cyclic esters (lactones) is 1. The van der Waals surface area contributed by atoms with E-state index in [9.17, 15) is 4.79 Å². The van der Waals surface area contributed by atoms with Crippen molar-refractivity contribution < 1.29 is 9.53 Å². The third kappa shape index (κ3) is 3.57. The minimum atomic E-state index is -0.870. The van der Waals surface area contributed by atoms with Gasteiger partial charge in [-0.05, 0) is 5.41 Å². The van der Waals surface area contributed by atoms with Gasteiger partial charge in [0.25, 0.3) is 0 Å². The third-order valence-electron chi connectivity index (χ3n) is 3.10. The Morgan fingerprint density at radius 1 is 1.42 bits per heavy atom. The number of aliphatic imine (C=N–C) groups is 1. The first kappa shape index (κ1) is 15.2. The molecule has 0 atom stereocenters. The summed E-state index contributed by atoms with van der Waals surface area (Å²) in [5.41, 5.74) is -1.00. The number of terminal acetylenes is 1. The summed E-state index contributed by atoms with van der Waals surface area (Å²) in [5, 5.41) is 0. The Hall–Kier alpha value is -1.82. The quantitative estimate of drug-likeness (QED) is 0.400. The molecule has 1 aliphatic heterocycles. The van der Waals surface area contributed by atoms with E-state index in [2.05, 4.69) is 24.1 Å². The molecule has 1 heterocycles. The molecule has 0 N–H and O–H groups in total. The highest BCUT2D eigenvalue weighted by molar-refractivity contribution is 6.00. The Morgan fingerprint density at radius 2 is 2.00 bits per heavy atom. The topological polar surface area (TPSA) is 38.7 Å². The molecule has 0 bridgehead atoms. The van der Waals surface area contributed by atoms with Crippen molar-refractivity contribution >= 4 is 11.9 Å². The summed E-state index contributed by atoms with van der Waals surface area (Å²) in [6, 6.07) is 0. The minimum absolute atomic E-state index is 0.133. The fraction of sp³-hybridized carbons (Fsp3) is 0.500. The van der Waals surface area contributed by atoms with Crippen LogP contribution < -0.4 is 0 Å². The van der Waals surface area contributed by atoms with E-state index < -0.39 is 5.54 Å².